The van der Waals surface area contributed by atoms with E-state index in [0.717, 1.165) is 30.6 Å². The van der Waals surface area contributed by atoms with E-state index in [1.807, 2.05) is 0 Å². The Morgan fingerprint density at radius 3 is 2.41 bits per heavy atom. The molecule has 2 nitrogen and oxygen atoms in total. The molecule has 0 heterocycles. The first-order valence-corrected chi connectivity index (χ1v) is 9.50. The molecule has 0 aliphatic heterocycles. The van der Waals surface area contributed by atoms with Crippen molar-refractivity contribution >= 4 is 5.97 Å². The van der Waals surface area contributed by atoms with Gasteiger partial charge in [-0.05, 0) is 91.8 Å². The van der Waals surface area contributed by atoms with Crippen LogP contribution in [-0.4, -0.2) is 11.1 Å². The quantitative estimate of drug-likeness (QED) is 0.760. The predicted octanol–water partition coefficient (Wildman–Crippen LogP) is 4.73. The van der Waals surface area contributed by atoms with Crippen LogP contribution in [0.2, 0.25) is 0 Å². The van der Waals surface area contributed by atoms with Gasteiger partial charge in [0.2, 0.25) is 0 Å². The van der Waals surface area contributed by atoms with Crippen LogP contribution >= 0.6 is 0 Å². The maximum absolute atomic E-state index is 12.0. The highest BCUT2D eigenvalue weighted by atomic mass is 16.4. The molecule has 6 fully saturated rings. The zero-order valence-corrected chi connectivity index (χ0v) is 14.3. The van der Waals surface area contributed by atoms with Crippen molar-refractivity contribution in [2.75, 3.05) is 0 Å². The van der Waals surface area contributed by atoms with Gasteiger partial charge in [0.05, 0.1) is 5.41 Å². The van der Waals surface area contributed by atoms with Gasteiger partial charge in [-0.1, -0.05) is 20.3 Å². The molecule has 6 aliphatic rings. The molecule has 0 saturated heterocycles. The average molecular weight is 302 g/mol. The highest BCUT2D eigenvalue weighted by molar-refractivity contribution is 5.75. The topological polar surface area (TPSA) is 37.3 Å². The van der Waals surface area contributed by atoms with Crippen LogP contribution in [-0.2, 0) is 4.79 Å². The van der Waals surface area contributed by atoms with Gasteiger partial charge in [-0.15, -0.1) is 0 Å². The number of fused-ring (bicyclic) bond motifs is 1. The molecular formula is C20H30O2. The van der Waals surface area contributed by atoms with Crippen molar-refractivity contribution in [1.82, 2.24) is 0 Å². The Bertz CT molecular complexity index is 570. The number of carbonyl (C=O) groups is 1. The van der Waals surface area contributed by atoms with Gasteiger partial charge in [0.25, 0.3) is 0 Å². The predicted molar refractivity (Wildman–Crippen MR) is 85.3 cm³/mol. The highest BCUT2D eigenvalue weighted by Gasteiger charge is 2.78. The molecule has 22 heavy (non-hydrogen) atoms. The normalized spacial score (nSPS) is 64.7. The maximum atomic E-state index is 12.0. The average Bonchev–Trinajstić information content (AvgIpc) is 2.89. The van der Waals surface area contributed by atoms with E-state index in [-0.39, 0.29) is 0 Å². The number of rotatable bonds is 1. The first kappa shape index (κ1) is 13.9. The van der Waals surface area contributed by atoms with Crippen molar-refractivity contribution in [2.45, 2.75) is 72.1 Å². The monoisotopic (exact) mass is 302 g/mol. The third-order valence-corrected chi connectivity index (χ3v) is 9.85. The van der Waals surface area contributed by atoms with Gasteiger partial charge in [0.1, 0.15) is 0 Å². The molecule has 2 heteroatoms. The molecule has 6 saturated carbocycles. The Morgan fingerprint density at radius 2 is 1.77 bits per heavy atom. The van der Waals surface area contributed by atoms with Crippen molar-refractivity contribution in [1.29, 1.82) is 0 Å². The molecular weight excluding hydrogens is 272 g/mol. The SMILES string of the molecule is C[C@@]12CCC[C@@](C)(C(=O)O)[C@H]1CC[C@@]13CC4[C@@H](C[C@H]12)[C@@]4(C)C3. The fourth-order valence-corrected chi connectivity index (χ4v) is 8.87. The highest BCUT2D eigenvalue weighted by Crippen LogP contribution is 2.85. The lowest BCUT2D eigenvalue weighted by Gasteiger charge is -2.65. The van der Waals surface area contributed by atoms with Crippen molar-refractivity contribution in [3.8, 4) is 0 Å². The van der Waals surface area contributed by atoms with Gasteiger partial charge >= 0.3 is 5.97 Å². The summed E-state index contributed by atoms with van der Waals surface area (Å²) in [6, 6.07) is 0. The Balaban J connectivity index is 1.56. The third-order valence-electron chi connectivity index (χ3n) is 9.85. The van der Waals surface area contributed by atoms with E-state index in [1.165, 1.54) is 38.5 Å². The van der Waals surface area contributed by atoms with Gasteiger partial charge in [0.15, 0.2) is 0 Å². The molecule has 1 unspecified atom stereocenters. The lowest BCUT2D eigenvalue weighted by Crippen LogP contribution is -2.59. The third kappa shape index (κ3) is 1.26. The van der Waals surface area contributed by atoms with Crippen LogP contribution in [0.1, 0.15) is 72.1 Å². The van der Waals surface area contributed by atoms with Crippen LogP contribution in [0, 0.1) is 45.3 Å². The van der Waals surface area contributed by atoms with Crippen LogP contribution < -0.4 is 0 Å². The van der Waals surface area contributed by atoms with E-state index < -0.39 is 11.4 Å². The molecule has 8 atom stereocenters. The molecule has 0 radical (unpaired) electrons. The molecule has 6 rings (SSSR count). The minimum absolute atomic E-state index is 0.290. The molecule has 6 aliphatic carbocycles. The van der Waals surface area contributed by atoms with E-state index in [4.69, 9.17) is 0 Å². The molecule has 4 bridgehead atoms. The molecule has 1 N–H and O–H groups in total. The fraction of sp³-hybridized carbons (Fsp3) is 0.950. The fourth-order valence-electron chi connectivity index (χ4n) is 8.87. The summed E-state index contributed by atoms with van der Waals surface area (Å²) in [4.78, 5) is 12.0. The number of hydrogen-bond acceptors (Lipinski definition) is 1. The number of carboxylic acids is 1. The molecule has 1 spiro atoms. The van der Waals surface area contributed by atoms with Gasteiger partial charge in [0, 0.05) is 0 Å². The van der Waals surface area contributed by atoms with Gasteiger partial charge in [-0.2, -0.15) is 0 Å². The number of hydrogen-bond donors (Lipinski definition) is 1. The number of carboxylic acid groups (broad SMARTS) is 1. The van der Waals surface area contributed by atoms with Crippen molar-refractivity contribution in [3.05, 3.63) is 0 Å². The summed E-state index contributed by atoms with van der Waals surface area (Å²) in [5.74, 6) is 2.70. The van der Waals surface area contributed by atoms with Crippen molar-refractivity contribution in [3.63, 3.8) is 0 Å². The Labute approximate surface area is 134 Å². The second kappa shape index (κ2) is 3.59. The zero-order valence-electron chi connectivity index (χ0n) is 14.3. The van der Waals surface area contributed by atoms with E-state index in [1.54, 1.807) is 0 Å². The van der Waals surface area contributed by atoms with E-state index in [9.17, 15) is 9.90 Å². The summed E-state index contributed by atoms with van der Waals surface area (Å²) in [6.45, 7) is 7.09. The molecule has 0 aromatic carbocycles. The van der Waals surface area contributed by atoms with E-state index in [2.05, 4.69) is 20.8 Å². The van der Waals surface area contributed by atoms with Crippen LogP contribution in [0.15, 0.2) is 0 Å². The van der Waals surface area contributed by atoms with Gasteiger partial charge < -0.3 is 5.11 Å². The molecule has 0 amide bonds. The number of aliphatic carboxylic acids is 1. The van der Waals surface area contributed by atoms with Crippen LogP contribution in [0.4, 0.5) is 0 Å². The molecule has 0 aromatic heterocycles. The van der Waals surface area contributed by atoms with Crippen molar-refractivity contribution in [2.24, 2.45) is 45.3 Å². The minimum Gasteiger partial charge on any atom is -0.481 e. The Hall–Kier alpha value is -0.530. The Kier molecular flexibility index (Phi) is 2.27. The lowest BCUT2D eigenvalue weighted by molar-refractivity contribution is -0.187. The lowest BCUT2D eigenvalue weighted by atomic mass is 9.39. The largest absolute Gasteiger partial charge is 0.481 e. The second-order valence-corrected chi connectivity index (χ2v) is 10.4. The minimum atomic E-state index is -0.530. The Morgan fingerprint density at radius 1 is 1.00 bits per heavy atom. The maximum Gasteiger partial charge on any atom is 0.309 e. The van der Waals surface area contributed by atoms with Gasteiger partial charge in [-0.25, -0.2) is 0 Å². The summed E-state index contributed by atoms with van der Waals surface area (Å²) in [7, 11) is 0. The van der Waals surface area contributed by atoms with Crippen LogP contribution in [0.5, 0.6) is 0 Å². The summed E-state index contributed by atoms with van der Waals surface area (Å²) >= 11 is 0. The van der Waals surface area contributed by atoms with Crippen LogP contribution in [0.3, 0.4) is 0 Å². The molecule has 122 valence electrons. The molecule has 0 aromatic rings. The van der Waals surface area contributed by atoms with Gasteiger partial charge in [-0.3, -0.25) is 4.79 Å². The summed E-state index contributed by atoms with van der Waals surface area (Å²) < 4.78 is 0. The summed E-state index contributed by atoms with van der Waals surface area (Å²) in [5.41, 5.74) is 1.10. The second-order valence-electron chi connectivity index (χ2n) is 10.4. The zero-order chi connectivity index (χ0) is 15.5. The smallest absolute Gasteiger partial charge is 0.309 e. The standard InChI is InChI=1S/C20H30O2/c1-17-6-4-7-18(2,16(21)22)14(17)5-8-20-10-13-12(9-15(17)20)19(13,3)11-20/h12-15H,4-11H2,1-3H3,(H,21,22)/t12-,13?,14+,15+,17-,18-,19-,20+/m1/s1. The van der Waals surface area contributed by atoms with E-state index in [0.29, 0.717) is 22.2 Å². The van der Waals surface area contributed by atoms with Crippen LogP contribution in [0.25, 0.3) is 0 Å². The summed E-state index contributed by atoms with van der Waals surface area (Å²) in [6.07, 6.45) is 10.1. The van der Waals surface area contributed by atoms with E-state index >= 15 is 0 Å². The van der Waals surface area contributed by atoms with Crippen molar-refractivity contribution < 1.29 is 9.90 Å². The first-order valence-electron chi connectivity index (χ1n) is 9.50. The first-order chi connectivity index (χ1) is 10.3. The summed E-state index contributed by atoms with van der Waals surface area (Å²) in [5, 5.41) is 9.92.